The predicted molar refractivity (Wildman–Crippen MR) is 126 cm³/mol. The maximum Gasteiger partial charge on any atom is 0.268 e. The van der Waals surface area contributed by atoms with Crippen molar-refractivity contribution in [2.24, 2.45) is 0 Å². The van der Waals surface area contributed by atoms with Crippen LogP contribution in [-0.4, -0.2) is 29.0 Å². The zero-order valence-corrected chi connectivity index (χ0v) is 19.1. The fourth-order valence-corrected chi connectivity index (χ4v) is 6.14. The average Bonchev–Trinajstić information content (AvgIpc) is 3.32. The summed E-state index contributed by atoms with van der Waals surface area (Å²) in [5, 5.41) is 1.01. The summed E-state index contributed by atoms with van der Waals surface area (Å²) in [4.78, 5) is 29.2. The van der Waals surface area contributed by atoms with E-state index in [-0.39, 0.29) is 18.0 Å². The number of amides is 2. The molecule has 3 aromatic carbocycles. The number of thioether (sulfide) groups is 1. The second-order valence-electron chi connectivity index (χ2n) is 7.57. The first-order valence-electron chi connectivity index (χ1n) is 9.99. The van der Waals surface area contributed by atoms with Crippen molar-refractivity contribution in [1.82, 2.24) is 4.90 Å². The first-order chi connectivity index (χ1) is 15.4. The van der Waals surface area contributed by atoms with Gasteiger partial charge in [-0.3, -0.25) is 9.59 Å². The number of nitrogens with zero attached hydrogens (tertiary/aromatic N) is 2. The van der Waals surface area contributed by atoms with E-state index in [2.05, 4.69) is 0 Å². The Bertz CT molecular complexity index is 1250. The maximum absolute atomic E-state index is 14.4. The number of halogens is 3. The Morgan fingerprint density at radius 2 is 1.81 bits per heavy atom. The zero-order valence-electron chi connectivity index (χ0n) is 16.7. The molecule has 3 aromatic rings. The number of carbonyl (C=O) groups is 2. The van der Waals surface area contributed by atoms with Crippen molar-refractivity contribution in [1.29, 1.82) is 0 Å². The van der Waals surface area contributed by atoms with Crippen molar-refractivity contribution in [2.75, 3.05) is 17.2 Å². The quantitative estimate of drug-likeness (QED) is 0.475. The van der Waals surface area contributed by atoms with Crippen LogP contribution in [0.5, 0.6) is 0 Å². The summed E-state index contributed by atoms with van der Waals surface area (Å²) in [6.07, 6.45) is 0. The molecule has 162 valence electrons. The largest absolute Gasteiger partial charge is 0.311 e. The number of hydrogen-bond acceptors (Lipinski definition) is 3. The third kappa shape index (κ3) is 3.20. The van der Waals surface area contributed by atoms with Gasteiger partial charge in [0.25, 0.3) is 11.8 Å². The molecule has 2 heterocycles. The highest BCUT2D eigenvalue weighted by Gasteiger charge is 2.59. The van der Waals surface area contributed by atoms with E-state index in [1.165, 1.54) is 34.9 Å². The smallest absolute Gasteiger partial charge is 0.268 e. The molecule has 2 aliphatic heterocycles. The first kappa shape index (κ1) is 21.3. The molecule has 1 atom stereocenters. The molecule has 0 bridgehead atoms. The summed E-state index contributed by atoms with van der Waals surface area (Å²) < 4.78 is 14.4. The van der Waals surface area contributed by atoms with Crippen LogP contribution in [0.2, 0.25) is 10.0 Å². The average molecular weight is 487 g/mol. The highest BCUT2D eigenvalue weighted by Crippen LogP contribution is 2.55. The van der Waals surface area contributed by atoms with E-state index >= 15 is 0 Å². The number of fused-ring (bicyclic) bond motifs is 2. The Morgan fingerprint density at radius 3 is 2.59 bits per heavy atom. The van der Waals surface area contributed by atoms with Gasteiger partial charge in [-0.2, -0.15) is 0 Å². The number of rotatable bonds is 3. The molecular formula is C24H17Cl2FN2O2S. The van der Waals surface area contributed by atoms with E-state index in [1.807, 2.05) is 18.2 Å². The molecule has 32 heavy (non-hydrogen) atoms. The van der Waals surface area contributed by atoms with E-state index in [9.17, 15) is 14.0 Å². The van der Waals surface area contributed by atoms with Crippen LogP contribution in [0, 0.1) is 5.82 Å². The highest BCUT2D eigenvalue weighted by atomic mass is 35.5. The van der Waals surface area contributed by atoms with Crippen LogP contribution < -0.4 is 4.90 Å². The SMILES string of the molecule is O=C(c1ccccc1F)N1CCS[C@@]12C(=O)N(Cc1ccccc1Cl)c1ccc(Cl)cc12. The van der Waals surface area contributed by atoms with Crippen LogP contribution in [0.25, 0.3) is 0 Å². The second-order valence-corrected chi connectivity index (χ2v) is 9.70. The molecule has 5 rings (SSSR count). The predicted octanol–water partition coefficient (Wildman–Crippen LogP) is 5.72. The molecule has 1 saturated heterocycles. The molecule has 8 heteroatoms. The molecule has 0 saturated carbocycles. The van der Waals surface area contributed by atoms with Gasteiger partial charge in [0, 0.05) is 27.9 Å². The lowest BCUT2D eigenvalue weighted by molar-refractivity contribution is -0.123. The monoisotopic (exact) mass is 486 g/mol. The third-order valence-electron chi connectivity index (χ3n) is 5.79. The van der Waals surface area contributed by atoms with Crippen molar-refractivity contribution in [3.05, 3.63) is 99.3 Å². The molecule has 0 aliphatic carbocycles. The van der Waals surface area contributed by atoms with E-state index in [4.69, 9.17) is 23.2 Å². The van der Waals surface area contributed by atoms with Crippen molar-refractivity contribution >= 4 is 52.5 Å². The van der Waals surface area contributed by atoms with Crippen LogP contribution in [-0.2, 0) is 16.2 Å². The molecular weight excluding hydrogens is 470 g/mol. The summed E-state index contributed by atoms with van der Waals surface area (Å²) in [6.45, 7) is 0.562. The lowest BCUT2D eigenvalue weighted by Crippen LogP contribution is -2.50. The first-order valence-corrected chi connectivity index (χ1v) is 11.7. The molecule has 1 spiro atoms. The van der Waals surface area contributed by atoms with E-state index in [1.54, 1.807) is 35.2 Å². The van der Waals surface area contributed by atoms with Gasteiger partial charge in [-0.25, -0.2) is 4.39 Å². The molecule has 0 N–H and O–H groups in total. The normalized spacial score (nSPS) is 19.7. The number of hydrogen-bond donors (Lipinski definition) is 0. The Morgan fingerprint density at radius 1 is 1.06 bits per heavy atom. The summed E-state index contributed by atoms with van der Waals surface area (Å²) in [5.41, 5.74) is 2.03. The van der Waals surface area contributed by atoms with Gasteiger partial charge in [0.15, 0.2) is 4.87 Å². The Kier molecular flexibility index (Phi) is 5.40. The number of benzene rings is 3. The lowest BCUT2D eigenvalue weighted by atomic mass is 10.0. The van der Waals surface area contributed by atoms with Gasteiger partial charge < -0.3 is 9.80 Å². The van der Waals surface area contributed by atoms with Gasteiger partial charge >= 0.3 is 0 Å². The Labute approximate surface area is 198 Å². The topological polar surface area (TPSA) is 40.6 Å². The third-order valence-corrected chi connectivity index (χ3v) is 7.81. The summed E-state index contributed by atoms with van der Waals surface area (Å²) in [5.74, 6) is -0.860. The zero-order chi connectivity index (χ0) is 22.5. The second kappa shape index (κ2) is 8.10. The van der Waals surface area contributed by atoms with Crippen molar-refractivity contribution in [3.8, 4) is 0 Å². The minimum atomic E-state index is -1.30. The van der Waals surface area contributed by atoms with Gasteiger partial charge in [0.2, 0.25) is 0 Å². The molecule has 0 radical (unpaired) electrons. The lowest BCUT2D eigenvalue weighted by Gasteiger charge is -2.33. The Balaban J connectivity index is 1.63. The molecule has 0 unspecified atom stereocenters. The van der Waals surface area contributed by atoms with Crippen LogP contribution in [0.3, 0.4) is 0 Å². The Hall–Kier alpha value is -2.54. The van der Waals surface area contributed by atoms with Gasteiger partial charge in [-0.05, 0) is 42.0 Å². The molecule has 1 fully saturated rings. The molecule has 2 amide bonds. The molecule has 0 aromatic heterocycles. The minimum Gasteiger partial charge on any atom is -0.311 e. The standard InChI is InChI=1S/C24H17Cl2FN2O2S/c25-16-9-10-21-18(13-16)24(23(31)28(21)14-15-5-1-3-7-19(15)26)29(11-12-32-24)22(30)17-6-2-4-8-20(17)27/h1-10,13H,11-12,14H2/t24-/m0/s1. The van der Waals surface area contributed by atoms with Crippen LogP contribution >= 0.6 is 35.0 Å². The summed E-state index contributed by atoms with van der Waals surface area (Å²) >= 11 is 14.0. The maximum atomic E-state index is 14.4. The van der Waals surface area contributed by atoms with Gasteiger partial charge in [-0.1, -0.05) is 53.5 Å². The van der Waals surface area contributed by atoms with Crippen molar-refractivity contribution in [3.63, 3.8) is 0 Å². The van der Waals surface area contributed by atoms with Gasteiger partial charge in [0.05, 0.1) is 17.8 Å². The number of anilines is 1. The summed E-state index contributed by atoms with van der Waals surface area (Å²) in [7, 11) is 0. The minimum absolute atomic E-state index is 0.0599. The summed E-state index contributed by atoms with van der Waals surface area (Å²) in [6, 6.07) is 18.4. The van der Waals surface area contributed by atoms with Crippen molar-refractivity contribution < 1.29 is 14.0 Å². The fourth-order valence-electron chi connectivity index (χ4n) is 4.32. The van der Waals surface area contributed by atoms with E-state index < -0.39 is 16.6 Å². The van der Waals surface area contributed by atoms with E-state index in [0.717, 1.165) is 5.56 Å². The molecule has 2 aliphatic rings. The van der Waals surface area contributed by atoms with Gasteiger partial charge in [0.1, 0.15) is 5.82 Å². The van der Waals surface area contributed by atoms with Gasteiger partial charge in [-0.15, -0.1) is 11.8 Å². The van der Waals surface area contributed by atoms with E-state index in [0.29, 0.717) is 33.6 Å². The van der Waals surface area contributed by atoms with Crippen molar-refractivity contribution in [2.45, 2.75) is 11.4 Å². The van der Waals surface area contributed by atoms with Crippen LogP contribution in [0.15, 0.2) is 66.7 Å². The fraction of sp³-hybridized carbons (Fsp3) is 0.167. The van der Waals surface area contributed by atoms with Crippen LogP contribution in [0.4, 0.5) is 10.1 Å². The number of carbonyl (C=O) groups excluding carboxylic acids is 2. The van der Waals surface area contributed by atoms with Crippen LogP contribution in [0.1, 0.15) is 21.5 Å². The molecule has 4 nitrogen and oxygen atoms in total. The highest BCUT2D eigenvalue weighted by molar-refractivity contribution is 8.01.